The molecule has 2 amide bonds. The summed E-state index contributed by atoms with van der Waals surface area (Å²) in [6.07, 6.45) is -0.505. The number of nitrogens with zero attached hydrogens (tertiary/aromatic N) is 3. The molecule has 194 valence electrons. The lowest BCUT2D eigenvalue weighted by atomic mass is 10.1. The molecule has 0 radical (unpaired) electrons. The third kappa shape index (κ3) is 5.18. The molecule has 2 aromatic carbocycles. The third-order valence-corrected chi connectivity index (χ3v) is 6.38. The van der Waals surface area contributed by atoms with Gasteiger partial charge in [0, 0.05) is 24.9 Å². The van der Waals surface area contributed by atoms with Crippen molar-refractivity contribution in [3.05, 3.63) is 65.0 Å². The summed E-state index contributed by atoms with van der Waals surface area (Å²) >= 11 is 0. The highest BCUT2D eigenvalue weighted by Gasteiger charge is 2.52. The van der Waals surface area contributed by atoms with Gasteiger partial charge >= 0.3 is 12.1 Å². The van der Waals surface area contributed by atoms with Gasteiger partial charge in [-0.1, -0.05) is 18.2 Å². The predicted molar refractivity (Wildman–Crippen MR) is 127 cm³/mol. The normalized spacial score (nSPS) is 20.3. The molecule has 0 unspecified atom stereocenters. The number of halogens is 2. The molecule has 0 N–H and O–H groups in total. The largest absolute Gasteiger partial charge is 0.493 e. The van der Waals surface area contributed by atoms with Crippen LogP contribution in [0, 0.1) is 6.57 Å². The van der Waals surface area contributed by atoms with Gasteiger partial charge < -0.3 is 19.1 Å². The van der Waals surface area contributed by atoms with Crippen LogP contribution in [0.15, 0.2) is 42.5 Å². The van der Waals surface area contributed by atoms with Gasteiger partial charge in [-0.2, -0.15) is 0 Å². The van der Waals surface area contributed by atoms with Crippen molar-refractivity contribution in [2.75, 3.05) is 27.3 Å². The summed E-state index contributed by atoms with van der Waals surface area (Å²) in [6.45, 7) is 6.62. The first kappa shape index (κ1) is 25.9. The number of amides is 2. The van der Waals surface area contributed by atoms with Crippen LogP contribution in [0.1, 0.15) is 40.0 Å². The maximum atomic E-state index is 14.5. The van der Waals surface area contributed by atoms with E-state index < -0.39 is 48.9 Å². The standard InChI is InChI=1S/C26H25F2N3O6/c1-29-21-10-7-11-30(21)24(33)18-14-26(27,28)15-31(18)23(32)17-12-19(35-2)22(20(13-17)36-3)37-25(34)16-8-5-4-6-9-16/h4-6,8-9,12-13,18,21H,7,10-11,14-15H2,2-3H3/t18-,21-/m0/s1. The average Bonchev–Trinajstić information content (AvgIpc) is 3.52. The molecule has 2 aliphatic heterocycles. The fourth-order valence-corrected chi connectivity index (χ4v) is 4.58. The molecule has 4 rings (SSSR count). The van der Waals surface area contributed by atoms with Gasteiger partial charge in [-0.05, 0) is 30.7 Å². The minimum Gasteiger partial charge on any atom is -0.493 e. The number of rotatable bonds is 6. The third-order valence-electron chi connectivity index (χ3n) is 6.38. The lowest BCUT2D eigenvalue weighted by Gasteiger charge is -2.27. The second kappa shape index (κ2) is 10.4. The molecule has 9 nitrogen and oxygen atoms in total. The van der Waals surface area contributed by atoms with E-state index in [1.54, 1.807) is 30.3 Å². The van der Waals surface area contributed by atoms with Gasteiger partial charge in [-0.25, -0.2) is 20.1 Å². The number of likely N-dealkylation sites (tertiary alicyclic amines) is 2. The van der Waals surface area contributed by atoms with Crippen LogP contribution >= 0.6 is 0 Å². The molecule has 37 heavy (non-hydrogen) atoms. The Morgan fingerprint density at radius 1 is 1.03 bits per heavy atom. The molecule has 2 saturated heterocycles. The summed E-state index contributed by atoms with van der Waals surface area (Å²) in [5.74, 6) is -5.64. The van der Waals surface area contributed by atoms with Gasteiger partial charge in [0.1, 0.15) is 6.04 Å². The highest BCUT2D eigenvalue weighted by molar-refractivity contribution is 5.99. The lowest BCUT2D eigenvalue weighted by molar-refractivity contribution is -0.135. The fourth-order valence-electron chi connectivity index (χ4n) is 4.58. The Labute approximate surface area is 212 Å². The number of alkyl halides is 2. The first-order valence-electron chi connectivity index (χ1n) is 11.6. The summed E-state index contributed by atoms with van der Waals surface area (Å²) in [7, 11) is 2.58. The van der Waals surface area contributed by atoms with E-state index in [1.807, 2.05) is 0 Å². The van der Waals surface area contributed by atoms with Crippen LogP contribution in [0.4, 0.5) is 8.78 Å². The zero-order chi connectivity index (χ0) is 26.7. The maximum absolute atomic E-state index is 14.5. The number of hydrogen-bond donors (Lipinski definition) is 0. The number of hydrogen-bond acceptors (Lipinski definition) is 6. The SMILES string of the molecule is [C-]#[N+][C@@H]1CCCN1C(=O)[C@@H]1CC(F)(F)CN1C(=O)c1cc(OC)c(OC(=O)c2ccccc2)c(OC)c1. The second-order valence-electron chi connectivity index (χ2n) is 8.76. The van der Waals surface area contributed by atoms with Gasteiger partial charge in [-0.15, -0.1) is 0 Å². The summed E-state index contributed by atoms with van der Waals surface area (Å²) in [5.41, 5.74) is 0.180. The molecule has 0 spiro atoms. The average molecular weight is 513 g/mol. The second-order valence-corrected chi connectivity index (χ2v) is 8.76. The monoisotopic (exact) mass is 513 g/mol. The number of esters is 1. The van der Waals surface area contributed by atoms with E-state index in [9.17, 15) is 23.2 Å². The molecular weight excluding hydrogens is 488 g/mol. The van der Waals surface area contributed by atoms with E-state index in [2.05, 4.69) is 4.85 Å². The Morgan fingerprint density at radius 3 is 2.27 bits per heavy atom. The number of benzene rings is 2. The van der Waals surface area contributed by atoms with Crippen LogP contribution in [0.25, 0.3) is 4.85 Å². The molecule has 2 heterocycles. The molecule has 0 aromatic heterocycles. The summed E-state index contributed by atoms with van der Waals surface area (Å²) < 4.78 is 45.1. The minimum atomic E-state index is -3.28. The van der Waals surface area contributed by atoms with Crippen molar-refractivity contribution >= 4 is 17.8 Å². The Kier molecular flexibility index (Phi) is 7.29. The van der Waals surface area contributed by atoms with E-state index in [-0.39, 0.29) is 34.9 Å². The lowest BCUT2D eigenvalue weighted by Crippen LogP contribution is -2.48. The van der Waals surface area contributed by atoms with Crippen molar-refractivity contribution in [2.45, 2.75) is 37.4 Å². The van der Waals surface area contributed by atoms with Gasteiger partial charge in [0.15, 0.2) is 11.5 Å². The molecule has 2 aliphatic rings. The van der Waals surface area contributed by atoms with E-state index in [0.29, 0.717) is 12.8 Å². The first-order chi connectivity index (χ1) is 17.7. The smallest absolute Gasteiger partial charge is 0.343 e. The van der Waals surface area contributed by atoms with E-state index in [1.165, 1.54) is 31.3 Å². The molecule has 0 aliphatic carbocycles. The summed E-state index contributed by atoms with van der Waals surface area (Å²) in [5, 5.41) is 0. The Morgan fingerprint density at radius 2 is 1.68 bits per heavy atom. The highest BCUT2D eigenvalue weighted by atomic mass is 19.3. The quantitative estimate of drug-likeness (QED) is 0.333. The summed E-state index contributed by atoms with van der Waals surface area (Å²) in [4.78, 5) is 44.7. The molecular formula is C26H25F2N3O6. The van der Waals surface area contributed by atoms with Crippen LogP contribution in [0.5, 0.6) is 17.2 Å². The van der Waals surface area contributed by atoms with Gasteiger partial charge in [0.25, 0.3) is 17.7 Å². The Bertz CT molecular complexity index is 1220. The Balaban J connectivity index is 1.64. The Hall–Kier alpha value is -4.20. The van der Waals surface area contributed by atoms with Crippen LogP contribution in [-0.4, -0.2) is 73.0 Å². The van der Waals surface area contributed by atoms with Gasteiger partial charge in [-0.3, -0.25) is 19.3 Å². The zero-order valence-electron chi connectivity index (χ0n) is 20.3. The van der Waals surface area contributed by atoms with Crippen molar-refractivity contribution < 1.29 is 37.4 Å². The van der Waals surface area contributed by atoms with E-state index in [4.69, 9.17) is 20.8 Å². The summed E-state index contributed by atoms with van der Waals surface area (Å²) in [6, 6.07) is 9.26. The van der Waals surface area contributed by atoms with Crippen LogP contribution in [0.3, 0.4) is 0 Å². The van der Waals surface area contributed by atoms with Gasteiger partial charge in [0.2, 0.25) is 5.75 Å². The predicted octanol–water partition coefficient (Wildman–Crippen LogP) is 3.64. The molecule has 0 bridgehead atoms. The van der Waals surface area contributed by atoms with Crippen molar-refractivity contribution in [1.82, 2.24) is 9.80 Å². The molecule has 2 atom stereocenters. The van der Waals surface area contributed by atoms with Gasteiger partial charge in [0.05, 0.1) is 26.3 Å². The molecule has 2 aromatic rings. The molecule has 0 saturated carbocycles. The van der Waals surface area contributed by atoms with Crippen LogP contribution in [0.2, 0.25) is 0 Å². The topological polar surface area (TPSA) is 89.7 Å². The number of ether oxygens (including phenoxy) is 3. The van der Waals surface area contributed by atoms with Crippen molar-refractivity contribution in [3.8, 4) is 17.2 Å². The zero-order valence-corrected chi connectivity index (χ0v) is 20.3. The fraction of sp³-hybridized carbons (Fsp3) is 0.385. The maximum Gasteiger partial charge on any atom is 0.343 e. The molecule has 2 fully saturated rings. The van der Waals surface area contributed by atoms with E-state index >= 15 is 0 Å². The minimum absolute atomic E-state index is 0.0339. The molecule has 11 heteroatoms. The highest BCUT2D eigenvalue weighted by Crippen LogP contribution is 2.41. The van der Waals surface area contributed by atoms with E-state index in [0.717, 1.165) is 4.90 Å². The number of methoxy groups -OCH3 is 2. The van der Waals surface area contributed by atoms with Crippen molar-refractivity contribution in [1.29, 1.82) is 0 Å². The van der Waals surface area contributed by atoms with Crippen LogP contribution < -0.4 is 14.2 Å². The van der Waals surface area contributed by atoms with Crippen molar-refractivity contribution in [2.24, 2.45) is 0 Å². The number of carbonyl (C=O) groups is 3. The van der Waals surface area contributed by atoms with Crippen LogP contribution in [-0.2, 0) is 4.79 Å². The number of carbonyl (C=O) groups excluding carboxylic acids is 3. The van der Waals surface area contributed by atoms with Crippen molar-refractivity contribution in [3.63, 3.8) is 0 Å². The first-order valence-corrected chi connectivity index (χ1v) is 11.6.